The average Bonchev–Trinajstić information content (AvgIpc) is 2.78. The number of hydrogen-bond acceptors (Lipinski definition) is 2. The first-order valence-electron chi connectivity index (χ1n) is 7.93. The predicted octanol–water partition coefficient (Wildman–Crippen LogP) is 3.38. The zero-order chi connectivity index (χ0) is 13.9. The van der Waals surface area contributed by atoms with E-state index in [2.05, 4.69) is 48.1 Å². The fraction of sp³-hybridized carbons (Fsp3) is 0.588. The summed E-state index contributed by atoms with van der Waals surface area (Å²) in [5.41, 5.74) is 2.39. The van der Waals surface area contributed by atoms with Crippen molar-refractivity contribution >= 4 is 11.0 Å². The van der Waals surface area contributed by atoms with Gasteiger partial charge in [-0.3, -0.25) is 0 Å². The Kier molecular flexibility index (Phi) is 4.06. The third kappa shape index (κ3) is 2.59. The van der Waals surface area contributed by atoms with E-state index in [1.54, 1.807) is 0 Å². The second-order valence-corrected chi connectivity index (χ2v) is 5.98. The maximum absolute atomic E-state index is 4.85. The number of likely N-dealkylation sites (N-methyl/N-ethyl adjacent to an activating group) is 1. The number of nitrogens with zero attached hydrogens (tertiary/aromatic N) is 2. The fourth-order valence-electron chi connectivity index (χ4n) is 3.29. The van der Waals surface area contributed by atoms with Crippen LogP contribution in [0.4, 0.5) is 0 Å². The number of hydrogen-bond donors (Lipinski definition) is 1. The van der Waals surface area contributed by atoms with Crippen LogP contribution in [0, 0.1) is 5.92 Å². The number of aryl methyl sites for hydroxylation is 1. The molecule has 1 unspecified atom stereocenters. The van der Waals surface area contributed by atoms with Gasteiger partial charge in [0, 0.05) is 19.0 Å². The minimum Gasteiger partial charge on any atom is -0.328 e. The first-order chi connectivity index (χ1) is 9.81. The van der Waals surface area contributed by atoms with Gasteiger partial charge in [-0.1, -0.05) is 31.4 Å². The van der Waals surface area contributed by atoms with E-state index >= 15 is 0 Å². The summed E-state index contributed by atoms with van der Waals surface area (Å²) in [6, 6.07) is 9.02. The number of aromatic nitrogens is 2. The minimum atomic E-state index is 0.558. The fourth-order valence-corrected chi connectivity index (χ4v) is 3.29. The molecule has 1 heterocycles. The van der Waals surface area contributed by atoms with Crippen molar-refractivity contribution in [3.8, 4) is 0 Å². The van der Waals surface area contributed by atoms with Crippen molar-refractivity contribution in [3.05, 3.63) is 30.1 Å². The van der Waals surface area contributed by atoms with E-state index in [-0.39, 0.29) is 0 Å². The summed E-state index contributed by atoms with van der Waals surface area (Å²) in [6.07, 6.45) is 6.60. The molecule has 1 aliphatic carbocycles. The molecule has 0 radical (unpaired) electrons. The Morgan fingerprint density at radius 3 is 2.80 bits per heavy atom. The molecule has 2 aromatic rings. The average molecular weight is 271 g/mol. The van der Waals surface area contributed by atoms with Gasteiger partial charge in [-0.05, 0) is 38.4 Å². The molecule has 1 N–H and O–H groups in total. The smallest absolute Gasteiger partial charge is 0.111 e. The van der Waals surface area contributed by atoms with E-state index in [0.717, 1.165) is 24.4 Å². The molecule has 0 amide bonds. The van der Waals surface area contributed by atoms with Crippen molar-refractivity contribution < 1.29 is 0 Å². The third-order valence-electron chi connectivity index (χ3n) is 4.73. The van der Waals surface area contributed by atoms with Crippen molar-refractivity contribution in [1.29, 1.82) is 0 Å². The monoisotopic (exact) mass is 271 g/mol. The number of nitrogens with one attached hydrogen (secondary N) is 1. The molecular formula is C17H25N3. The Bertz CT molecular complexity index is 569. The molecule has 1 atom stereocenters. The van der Waals surface area contributed by atoms with Crippen molar-refractivity contribution in [2.24, 2.45) is 5.92 Å². The van der Waals surface area contributed by atoms with E-state index in [1.165, 1.54) is 37.0 Å². The molecule has 3 nitrogen and oxygen atoms in total. The second kappa shape index (κ2) is 5.96. The standard InChI is InChI=1S/C17H25N3/c1-3-20-16-10-5-4-9-15(16)19-17(20)12-14(18-2)11-13-7-6-8-13/h4-5,9-10,13-14,18H,3,6-8,11-12H2,1-2H3. The van der Waals surface area contributed by atoms with Crippen LogP contribution in [0.1, 0.15) is 38.4 Å². The lowest BCUT2D eigenvalue weighted by molar-refractivity contribution is 0.262. The Labute approximate surface area is 121 Å². The summed E-state index contributed by atoms with van der Waals surface area (Å²) >= 11 is 0. The normalized spacial score (nSPS) is 17.3. The summed E-state index contributed by atoms with van der Waals surface area (Å²) in [4.78, 5) is 4.85. The summed E-state index contributed by atoms with van der Waals surface area (Å²) in [5, 5.41) is 3.49. The highest BCUT2D eigenvalue weighted by Gasteiger charge is 2.22. The first kappa shape index (κ1) is 13.6. The summed E-state index contributed by atoms with van der Waals surface area (Å²) in [5.74, 6) is 2.17. The molecule has 0 bridgehead atoms. The molecule has 1 aromatic heterocycles. The molecular weight excluding hydrogens is 246 g/mol. The van der Waals surface area contributed by atoms with Crippen molar-refractivity contribution in [1.82, 2.24) is 14.9 Å². The maximum atomic E-state index is 4.85. The van der Waals surface area contributed by atoms with Gasteiger partial charge in [-0.25, -0.2) is 4.98 Å². The van der Waals surface area contributed by atoms with Gasteiger partial charge in [0.25, 0.3) is 0 Å². The largest absolute Gasteiger partial charge is 0.328 e. The Hall–Kier alpha value is -1.35. The molecule has 0 aliphatic heterocycles. The SMILES string of the molecule is CCn1c(CC(CC2CCC2)NC)nc2ccccc21. The lowest BCUT2D eigenvalue weighted by Gasteiger charge is -2.29. The molecule has 0 saturated heterocycles. The number of benzene rings is 1. The van der Waals surface area contributed by atoms with Crippen molar-refractivity contribution in [2.75, 3.05) is 7.05 Å². The van der Waals surface area contributed by atoms with Crippen LogP contribution in [0.25, 0.3) is 11.0 Å². The predicted molar refractivity (Wildman–Crippen MR) is 83.9 cm³/mol. The Balaban J connectivity index is 1.81. The summed E-state index contributed by atoms with van der Waals surface area (Å²) in [7, 11) is 2.09. The second-order valence-electron chi connectivity index (χ2n) is 5.98. The molecule has 20 heavy (non-hydrogen) atoms. The van der Waals surface area contributed by atoms with Gasteiger partial charge in [0.2, 0.25) is 0 Å². The lowest BCUT2D eigenvalue weighted by atomic mass is 9.80. The molecule has 108 valence electrons. The van der Waals surface area contributed by atoms with Crippen molar-refractivity contribution in [2.45, 2.75) is 51.6 Å². The molecule has 1 aromatic carbocycles. The van der Waals surface area contributed by atoms with E-state index in [1.807, 2.05) is 0 Å². The molecule has 0 spiro atoms. The van der Waals surface area contributed by atoms with Crippen LogP contribution < -0.4 is 5.32 Å². The number of imidazole rings is 1. The number of rotatable bonds is 6. The number of para-hydroxylation sites is 2. The molecule has 3 rings (SSSR count). The van der Waals surface area contributed by atoms with Gasteiger partial charge in [0.15, 0.2) is 0 Å². The molecule has 1 aliphatic rings. The molecule has 3 heteroatoms. The molecule has 1 fully saturated rings. The minimum absolute atomic E-state index is 0.558. The van der Waals surface area contributed by atoms with Crippen LogP contribution in [-0.2, 0) is 13.0 Å². The van der Waals surface area contributed by atoms with Crippen LogP contribution in [0.5, 0.6) is 0 Å². The Morgan fingerprint density at radius 2 is 2.15 bits per heavy atom. The van der Waals surface area contributed by atoms with Crippen LogP contribution in [0.3, 0.4) is 0 Å². The van der Waals surface area contributed by atoms with Crippen LogP contribution >= 0.6 is 0 Å². The van der Waals surface area contributed by atoms with E-state index < -0.39 is 0 Å². The van der Waals surface area contributed by atoms with Gasteiger partial charge in [-0.2, -0.15) is 0 Å². The lowest BCUT2D eigenvalue weighted by Crippen LogP contribution is -2.32. The zero-order valence-corrected chi connectivity index (χ0v) is 12.6. The van der Waals surface area contributed by atoms with E-state index in [0.29, 0.717) is 6.04 Å². The third-order valence-corrected chi connectivity index (χ3v) is 4.73. The van der Waals surface area contributed by atoms with Crippen LogP contribution in [-0.4, -0.2) is 22.6 Å². The van der Waals surface area contributed by atoms with Gasteiger partial charge in [0.1, 0.15) is 5.82 Å². The quantitative estimate of drug-likeness (QED) is 0.873. The van der Waals surface area contributed by atoms with Crippen LogP contribution in [0.15, 0.2) is 24.3 Å². The summed E-state index contributed by atoms with van der Waals surface area (Å²) < 4.78 is 2.36. The zero-order valence-electron chi connectivity index (χ0n) is 12.6. The van der Waals surface area contributed by atoms with E-state index in [4.69, 9.17) is 4.98 Å². The van der Waals surface area contributed by atoms with E-state index in [9.17, 15) is 0 Å². The van der Waals surface area contributed by atoms with Gasteiger partial charge in [0.05, 0.1) is 11.0 Å². The van der Waals surface area contributed by atoms with Gasteiger partial charge < -0.3 is 9.88 Å². The highest BCUT2D eigenvalue weighted by atomic mass is 15.1. The topological polar surface area (TPSA) is 29.9 Å². The highest BCUT2D eigenvalue weighted by Crippen LogP contribution is 2.31. The Morgan fingerprint density at radius 1 is 1.35 bits per heavy atom. The first-order valence-corrected chi connectivity index (χ1v) is 7.93. The number of fused-ring (bicyclic) bond motifs is 1. The van der Waals surface area contributed by atoms with Gasteiger partial charge in [-0.15, -0.1) is 0 Å². The maximum Gasteiger partial charge on any atom is 0.111 e. The van der Waals surface area contributed by atoms with Crippen LogP contribution in [0.2, 0.25) is 0 Å². The molecule has 1 saturated carbocycles. The van der Waals surface area contributed by atoms with Crippen molar-refractivity contribution in [3.63, 3.8) is 0 Å². The van der Waals surface area contributed by atoms with Gasteiger partial charge >= 0.3 is 0 Å². The highest BCUT2D eigenvalue weighted by molar-refractivity contribution is 5.75. The summed E-state index contributed by atoms with van der Waals surface area (Å²) in [6.45, 7) is 3.20.